The smallest absolute Gasteiger partial charge is 0.416 e. The van der Waals surface area contributed by atoms with Crippen LogP contribution in [0.4, 0.5) is 23.2 Å². The third-order valence-electron chi connectivity index (χ3n) is 4.95. The molecule has 0 spiro atoms. The number of esters is 1. The molecule has 3 rings (SSSR count). The van der Waals surface area contributed by atoms with Gasteiger partial charge in [-0.15, -0.1) is 0 Å². The Morgan fingerprint density at radius 2 is 1.90 bits per heavy atom. The fraction of sp³-hybridized carbons (Fsp3) is 0.286. The number of anilines is 1. The molecule has 1 heterocycles. The Labute approximate surface area is 175 Å². The SMILES string of the molecule is COC(=O)C1=C(C)c2ccc(C(F)(F)F)cc2N(Cc2cccc(F)c2OC)C1Cl. The van der Waals surface area contributed by atoms with Crippen molar-refractivity contribution in [2.24, 2.45) is 0 Å². The fourth-order valence-corrected chi connectivity index (χ4v) is 3.91. The van der Waals surface area contributed by atoms with Crippen molar-refractivity contribution in [3.05, 3.63) is 64.5 Å². The molecule has 2 aromatic carbocycles. The molecule has 0 amide bonds. The standard InChI is InChI=1S/C21H18ClF4NO3/c1-11-14-8-7-13(21(24,25)26)9-16(14)27(19(22)17(11)20(28)30-3)10-12-5-4-6-15(23)18(12)29-2/h4-9,19H,10H2,1-3H3. The van der Waals surface area contributed by atoms with Gasteiger partial charge in [0, 0.05) is 23.4 Å². The molecule has 1 aliphatic rings. The molecule has 0 saturated carbocycles. The number of halogens is 5. The van der Waals surface area contributed by atoms with Gasteiger partial charge in [-0.2, -0.15) is 13.2 Å². The van der Waals surface area contributed by atoms with Crippen LogP contribution in [-0.4, -0.2) is 25.7 Å². The second-order valence-corrected chi connectivity index (χ2v) is 7.07. The maximum Gasteiger partial charge on any atom is 0.416 e. The van der Waals surface area contributed by atoms with Gasteiger partial charge in [0.2, 0.25) is 0 Å². The third-order valence-corrected chi connectivity index (χ3v) is 5.41. The predicted octanol–water partition coefficient (Wildman–Crippen LogP) is 5.38. The summed E-state index contributed by atoms with van der Waals surface area (Å²) < 4.78 is 64.0. The van der Waals surface area contributed by atoms with Gasteiger partial charge >= 0.3 is 12.1 Å². The largest absolute Gasteiger partial charge is 0.493 e. The second-order valence-electron chi connectivity index (χ2n) is 6.66. The van der Waals surface area contributed by atoms with E-state index in [1.54, 1.807) is 13.0 Å². The van der Waals surface area contributed by atoms with Crippen LogP contribution in [0.15, 0.2) is 42.0 Å². The van der Waals surface area contributed by atoms with Gasteiger partial charge in [-0.25, -0.2) is 9.18 Å². The summed E-state index contributed by atoms with van der Waals surface area (Å²) in [6.07, 6.45) is -4.57. The number of methoxy groups -OCH3 is 2. The van der Waals surface area contributed by atoms with Gasteiger partial charge in [-0.1, -0.05) is 29.8 Å². The highest BCUT2D eigenvalue weighted by Gasteiger charge is 2.38. The quantitative estimate of drug-likeness (QED) is 0.275. The molecular formula is C21H18ClF4NO3. The van der Waals surface area contributed by atoms with E-state index in [0.717, 1.165) is 12.1 Å². The molecule has 0 N–H and O–H groups in total. The minimum Gasteiger partial charge on any atom is -0.493 e. The topological polar surface area (TPSA) is 38.8 Å². The molecule has 1 atom stereocenters. The summed E-state index contributed by atoms with van der Waals surface area (Å²) in [5, 5.41) is 0. The van der Waals surface area contributed by atoms with E-state index in [-0.39, 0.29) is 23.6 Å². The minimum atomic E-state index is -4.57. The molecule has 160 valence electrons. The number of para-hydroxylation sites is 1. The summed E-state index contributed by atoms with van der Waals surface area (Å²) in [7, 11) is 2.48. The number of hydrogen-bond donors (Lipinski definition) is 0. The number of carbonyl (C=O) groups excluding carboxylic acids is 1. The molecule has 0 aromatic heterocycles. The van der Waals surface area contributed by atoms with Crippen LogP contribution in [0.3, 0.4) is 0 Å². The van der Waals surface area contributed by atoms with E-state index in [9.17, 15) is 22.4 Å². The molecule has 30 heavy (non-hydrogen) atoms. The van der Waals surface area contributed by atoms with E-state index < -0.39 is 29.0 Å². The lowest BCUT2D eigenvalue weighted by atomic mass is 9.92. The van der Waals surface area contributed by atoms with Gasteiger partial charge in [0.1, 0.15) is 5.50 Å². The highest BCUT2D eigenvalue weighted by Crippen LogP contribution is 2.44. The van der Waals surface area contributed by atoms with Crippen molar-refractivity contribution < 1.29 is 31.8 Å². The predicted molar refractivity (Wildman–Crippen MR) is 105 cm³/mol. The monoisotopic (exact) mass is 443 g/mol. The van der Waals surface area contributed by atoms with Crippen molar-refractivity contribution in [3.8, 4) is 5.75 Å². The highest BCUT2D eigenvalue weighted by molar-refractivity contribution is 6.28. The van der Waals surface area contributed by atoms with Crippen molar-refractivity contribution in [2.45, 2.75) is 25.1 Å². The number of rotatable bonds is 4. The summed E-state index contributed by atoms with van der Waals surface area (Å²) in [6.45, 7) is 1.49. The second kappa shape index (κ2) is 8.18. The van der Waals surface area contributed by atoms with Crippen molar-refractivity contribution in [2.75, 3.05) is 19.1 Å². The third kappa shape index (κ3) is 3.84. The van der Waals surface area contributed by atoms with E-state index >= 15 is 0 Å². The maximum absolute atomic E-state index is 14.1. The summed E-state index contributed by atoms with van der Waals surface area (Å²) >= 11 is 6.55. The highest BCUT2D eigenvalue weighted by atomic mass is 35.5. The van der Waals surface area contributed by atoms with E-state index in [4.69, 9.17) is 21.1 Å². The molecule has 0 aliphatic carbocycles. The Balaban J connectivity index is 2.20. The van der Waals surface area contributed by atoms with E-state index in [2.05, 4.69) is 0 Å². The minimum absolute atomic E-state index is 0.0548. The molecule has 2 aromatic rings. The molecular weight excluding hydrogens is 426 g/mol. The molecule has 9 heteroatoms. The van der Waals surface area contributed by atoms with Gasteiger partial charge in [0.25, 0.3) is 0 Å². The number of fused-ring (bicyclic) bond motifs is 1. The number of benzene rings is 2. The summed E-state index contributed by atoms with van der Waals surface area (Å²) in [5.74, 6) is -1.38. The lowest BCUT2D eigenvalue weighted by molar-refractivity contribution is -0.138. The van der Waals surface area contributed by atoms with Crippen LogP contribution < -0.4 is 9.64 Å². The molecule has 1 aliphatic heterocycles. The summed E-state index contributed by atoms with van der Waals surface area (Å²) in [6, 6.07) is 7.42. The maximum atomic E-state index is 14.1. The molecule has 4 nitrogen and oxygen atoms in total. The molecule has 1 unspecified atom stereocenters. The van der Waals surface area contributed by atoms with Crippen molar-refractivity contribution >= 4 is 28.8 Å². The Bertz CT molecular complexity index is 1020. The number of alkyl halides is 4. The normalized spacial score (nSPS) is 16.4. The molecule has 0 fully saturated rings. The van der Waals surface area contributed by atoms with E-state index in [1.807, 2.05) is 0 Å². The number of hydrogen-bond acceptors (Lipinski definition) is 4. The molecule has 0 radical (unpaired) electrons. The number of nitrogens with zero attached hydrogens (tertiary/aromatic N) is 1. The van der Waals surface area contributed by atoms with Crippen LogP contribution in [0, 0.1) is 5.82 Å². The number of allylic oxidation sites excluding steroid dienone is 1. The summed E-state index contributed by atoms with van der Waals surface area (Å²) in [5.41, 5.74) is -0.570. The zero-order chi connectivity index (χ0) is 22.2. The molecule has 0 saturated heterocycles. The van der Waals surface area contributed by atoms with Crippen molar-refractivity contribution in [3.63, 3.8) is 0 Å². The Hall–Kier alpha value is -2.74. The Morgan fingerprint density at radius 3 is 2.50 bits per heavy atom. The van der Waals surface area contributed by atoms with Crippen LogP contribution in [0.25, 0.3) is 5.57 Å². The first kappa shape index (κ1) is 22.0. The number of carbonyl (C=O) groups is 1. The van der Waals surface area contributed by atoms with Crippen LogP contribution in [0.2, 0.25) is 0 Å². The van der Waals surface area contributed by atoms with E-state index in [0.29, 0.717) is 16.7 Å². The van der Waals surface area contributed by atoms with Crippen LogP contribution >= 0.6 is 11.6 Å². The first-order chi connectivity index (χ1) is 14.1. The van der Waals surface area contributed by atoms with E-state index in [1.165, 1.54) is 37.3 Å². The number of ether oxygens (including phenoxy) is 2. The van der Waals surface area contributed by atoms with Crippen molar-refractivity contribution in [1.29, 1.82) is 0 Å². The van der Waals surface area contributed by atoms with Gasteiger partial charge in [-0.3, -0.25) is 0 Å². The van der Waals surface area contributed by atoms with Crippen LogP contribution in [0.5, 0.6) is 5.75 Å². The van der Waals surface area contributed by atoms with Crippen LogP contribution in [-0.2, 0) is 22.3 Å². The Morgan fingerprint density at radius 1 is 1.20 bits per heavy atom. The average Bonchev–Trinajstić information content (AvgIpc) is 2.70. The zero-order valence-electron chi connectivity index (χ0n) is 16.3. The van der Waals surface area contributed by atoms with Gasteiger partial charge in [-0.05, 0) is 30.7 Å². The average molecular weight is 444 g/mol. The zero-order valence-corrected chi connectivity index (χ0v) is 17.1. The lowest BCUT2D eigenvalue weighted by Crippen LogP contribution is -2.39. The fourth-order valence-electron chi connectivity index (χ4n) is 3.48. The first-order valence-corrected chi connectivity index (χ1v) is 9.26. The first-order valence-electron chi connectivity index (χ1n) is 8.83. The lowest BCUT2D eigenvalue weighted by Gasteiger charge is -2.37. The molecule has 0 bridgehead atoms. The van der Waals surface area contributed by atoms with Gasteiger partial charge in [0.05, 0.1) is 25.4 Å². The summed E-state index contributed by atoms with van der Waals surface area (Å²) in [4.78, 5) is 13.7. The van der Waals surface area contributed by atoms with Gasteiger partial charge in [0.15, 0.2) is 11.6 Å². The van der Waals surface area contributed by atoms with Crippen LogP contribution in [0.1, 0.15) is 23.6 Å². The Kier molecular flexibility index (Phi) is 5.99. The van der Waals surface area contributed by atoms with Crippen molar-refractivity contribution in [1.82, 2.24) is 0 Å². The van der Waals surface area contributed by atoms with Gasteiger partial charge < -0.3 is 14.4 Å².